The van der Waals surface area contributed by atoms with Crippen molar-refractivity contribution in [3.05, 3.63) is 126 Å². The molecule has 1 atom stereocenters. The molecule has 1 aromatic heterocycles. The second-order valence-electron chi connectivity index (χ2n) is 8.81. The molecule has 34 heavy (non-hydrogen) atoms. The highest BCUT2D eigenvalue weighted by atomic mass is 16.2. The Morgan fingerprint density at radius 3 is 2.32 bits per heavy atom. The summed E-state index contributed by atoms with van der Waals surface area (Å²) in [5.74, 6) is 0.170. The van der Waals surface area contributed by atoms with Gasteiger partial charge in [-0.1, -0.05) is 84.9 Å². The van der Waals surface area contributed by atoms with E-state index in [9.17, 15) is 4.79 Å². The van der Waals surface area contributed by atoms with Crippen LogP contribution >= 0.6 is 0 Å². The van der Waals surface area contributed by atoms with E-state index in [2.05, 4.69) is 71.0 Å². The SMILES string of the molecule is O=C([C@H](Cc1ccccc1)NCc1ccc(-c2ccccn2)cc1)N1CCc2ccccc2C1. The lowest BCUT2D eigenvalue weighted by Crippen LogP contribution is -2.49. The molecule has 2 heterocycles. The molecule has 170 valence electrons. The van der Waals surface area contributed by atoms with Crippen LogP contribution in [0.5, 0.6) is 0 Å². The van der Waals surface area contributed by atoms with E-state index in [0.29, 0.717) is 19.5 Å². The molecule has 0 radical (unpaired) electrons. The Balaban J connectivity index is 1.29. The lowest BCUT2D eigenvalue weighted by atomic mass is 9.98. The fourth-order valence-electron chi connectivity index (χ4n) is 4.57. The average molecular weight is 448 g/mol. The first-order valence-corrected chi connectivity index (χ1v) is 11.9. The number of nitrogens with zero attached hydrogens (tertiary/aromatic N) is 2. The van der Waals surface area contributed by atoms with E-state index in [-0.39, 0.29) is 11.9 Å². The molecule has 0 saturated carbocycles. The van der Waals surface area contributed by atoms with Crippen molar-refractivity contribution in [1.82, 2.24) is 15.2 Å². The minimum absolute atomic E-state index is 0.170. The fourth-order valence-corrected chi connectivity index (χ4v) is 4.57. The van der Waals surface area contributed by atoms with Crippen molar-refractivity contribution in [2.75, 3.05) is 6.54 Å². The predicted octanol–water partition coefficient (Wildman–Crippen LogP) is 5.03. The second-order valence-corrected chi connectivity index (χ2v) is 8.81. The summed E-state index contributed by atoms with van der Waals surface area (Å²) in [5, 5.41) is 3.56. The van der Waals surface area contributed by atoms with Crippen LogP contribution in [0.15, 0.2) is 103 Å². The molecule has 0 fully saturated rings. The number of aromatic nitrogens is 1. The molecule has 1 amide bonds. The number of pyridine rings is 1. The molecule has 5 rings (SSSR count). The van der Waals surface area contributed by atoms with Gasteiger partial charge in [0.15, 0.2) is 0 Å². The minimum atomic E-state index is -0.275. The zero-order chi connectivity index (χ0) is 23.2. The van der Waals surface area contributed by atoms with E-state index >= 15 is 0 Å². The maximum atomic E-state index is 13.6. The van der Waals surface area contributed by atoms with Gasteiger partial charge >= 0.3 is 0 Å². The number of amides is 1. The van der Waals surface area contributed by atoms with Gasteiger partial charge in [-0.15, -0.1) is 0 Å². The van der Waals surface area contributed by atoms with Crippen LogP contribution in [0.25, 0.3) is 11.3 Å². The Hall–Kier alpha value is -3.76. The largest absolute Gasteiger partial charge is 0.337 e. The van der Waals surface area contributed by atoms with Crippen molar-refractivity contribution in [2.45, 2.75) is 32.0 Å². The summed E-state index contributed by atoms with van der Waals surface area (Å²) in [7, 11) is 0. The number of hydrogen-bond acceptors (Lipinski definition) is 3. The molecule has 3 aromatic carbocycles. The van der Waals surface area contributed by atoms with Gasteiger partial charge in [0.1, 0.15) is 0 Å². The Morgan fingerprint density at radius 1 is 0.824 bits per heavy atom. The summed E-state index contributed by atoms with van der Waals surface area (Å²) in [6.45, 7) is 2.08. The van der Waals surface area contributed by atoms with Crippen molar-refractivity contribution >= 4 is 5.91 Å². The van der Waals surface area contributed by atoms with Crippen molar-refractivity contribution in [1.29, 1.82) is 0 Å². The Labute approximate surface area is 201 Å². The standard InChI is InChI=1S/C30H29N3O/c34-30(33-19-17-25-10-4-5-11-27(25)22-33)29(20-23-8-2-1-3-9-23)32-21-24-13-15-26(16-14-24)28-12-6-7-18-31-28/h1-16,18,29,32H,17,19-22H2/t29-/m0/s1. The van der Waals surface area contributed by atoms with Gasteiger partial charge in [0.05, 0.1) is 11.7 Å². The highest BCUT2D eigenvalue weighted by Crippen LogP contribution is 2.21. The zero-order valence-corrected chi connectivity index (χ0v) is 19.2. The Morgan fingerprint density at radius 2 is 1.56 bits per heavy atom. The molecule has 0 saturated heterocycles. The van der Waals surface area contributed by atoms with Gasteiger partial charge in [-0.25, -0.2) is 0 Å². The van der Waals surface area contributed by atoms with Gasteiger partial charge in [-0.3, -0.25) is 9.78 Å². The van der Waals surface area contributed by atoms with Crippen LogP contribution in [0.3, 0.4) is 0 Å². The Kier molecular flexibility index (Phi) is 6.78. The van der Waals surface area contributed by atoms with Crippen molar-refractivity contribution in [3.63, 3.8) is 0 Å². The molecule has 0 aliphatic carbocycles. The van der Waals surface area contributed by atoms with Gasteiger partial charge in [0.25, 0.3) is 0 Å². The predicted molar refractivity (Wildman–Crippen MR) is 136 cm³/mol. The molecule has 4 aromatic rings. The highest BCUT2D eigenvalue weighted by molar-refractivity contribution is 5.82. The van der Waals surface area contributed by atoms with Crippen LogP contribution in [0.4, 0.5) is 0 Å². The maximum absolute atomic E-state index is 13.6. The van der Waals surface area contributed by atoms with Crippen molar-refractivity contribution in [3.8, 4) is 11.3 Å². The first-order chi connectivity index (χ1) is 16.8. The number of carbonyl (C=O) groups is 1. The summed E-state index contributed by atoms with van der Waals surface area (Å²) in [5.41, 5.74) is 6.97. The third-order valence-corrected chi connectivity index (χ3v) is 6.49. The molecular weight excluding hydrogens is 418 g/mol. The first kappa shape index (κ1) is 22.1. The minimum Gasteiger partial charge on any atom is -0.337 e. The monoisotopic (exact) mass is 447 g/mol. The normalized spacial score (nSPS) is 13.8. The van der Waals surface area contributed by atoms with E-state index in [1.807, 2.05) is 47.5 Å². The number of carbonyl (C=O) groups excluding carboxylic acids is 1. The topological polar surface area (TPSA) is 45.2 Å². The van der Waals surface area contributed by atoms with Crippen molar-refractivity contribution in [2.24, 2.45) is 0 Å². The van der Waals surface area contributed by atoms with Crippen molar-refractivity contribution < 1.29 is 4.79 Å². The smallest absolute Gasteiger partial charge is 0.240 e. The van der Waals surface area contributed by atoms with Gasteiger partial charge in [-0.05, 0) is 47.2 Å². The second kappa shape index (κ2) is 10.4. The van der Waals surface area contributed by atoms with E-state index in [4.69, 9.17) is 0 Å². The number of rotatable bonds is 7. The number of hydrogen-bond donors (Lipinski definition) is 1. The number of benzene rings is 3. The summed E-state index contributed by atoms with van der Waals surface area (Å²) >= 11 is 0. The third kappa shape index (κ3) is 5.24. The molecule has 0 spiro atoms. The van der Waals surface area contributed by atoms with Crippen LogP contribution in [-0.4, -0.2) is 28.4 Å². The molecule has 4 heteroatoms. The molecule has 0 unspecified atom stereocenters. The lowest BCUT2D eigenvalue weighted by Gasteiger charge is -2.32. The van der Waals surface area contributed by atoms with Crippen LogP contribution in [0, 0.1) is 0 Å². The first-order valence-electron chi connectivity index (χ1n) is 11.9. The number of fused-ring (bicyclic) bond motifs is 1. The molecule has 4 nitrogen and oxygen atoms in total. The van der Waals surface area contributed by atoms with Crippen LogP contribution in [0.2, 0.25) is 0 Å². The highest BCUT2D eigenvalue weighted by Gasteiger charge is 2.27. The number of nitrogens with one attached hydrogen (secondary N) is 1. The Bertz CT molecular complexity index is 1220. The molecule has 1 aliphatic rings. The lowest BCUT2D eigenvalue weighted by molar-refractivity contribution is -0.134. The van der Waals surface area contributed by atoms with Gasteiger partial charge in [0.2, 0.25) is 5.91 Å². The molecular formula is C30H29N3O. The van der Waals surface area contributed by atoms with Gasteiger partial charge < -0.3 is 10.2 Å². The molecule has 1 aliphatic heterocycles. The van der Waals surface area contributed by atoms with Crippen LogP contribution < -0.4 is 5.32 Å². The average Bonchev–Trinajstić information content (AvgIpc) is 2.92. The molecule has 0 bridgehead atoms. The maximum Gasteiger partial charge on any atom is 0.240 e. The zero-order valence-electron chi connectivity index (χ0n) is 19.2. The summed E-state index contributed by atoms with van der Waals surface area (Å²) in [6, 6.07) is 32.8. The summed E-state index contributed by atoms with van der Waals surface area (Å²) < 4.78 is 0. The quantitative estimate of drug-likeness (QED) is 0.432. The van der Waals surface area contributed by atoms with Crippen LogP contribution in [0.1, 0.15) is 22.3 Å². The van der Waals surface area contributed by atoms with E-state index in [0.717, 1.165) is 35.3 Å². The van der Waals surface area contributed by atoms with Gasteiger partial charge in [-0.2, -0.15) is 0 Å². The van der Waals surface area contributed by atoms with Crippen LogP contribution in [-0.2, 0) is 30.7 Å². The third-order valence-electron chi connectivity index (χ3n) is 6.49. The summed E-state index contributed by atoms with van der Waals surface area (Å²) in [6.07, 6.45) is 3.39. The van der Waals surface area contributed by atoms with E-state index < -0.39 is 0 Å². The molecule has 1 N–H and O–H groups in total. The van der Waals surface area contributed by atoms with E-state index in [1.165, 1.54) is 11.1 Å². The van der Waals surface area contributed by atoms with E-state index in [1.54, 1.807) is 0 Å². The summed E-state index contributed by atoms with van der Waals surface area (Å²) in [4.78, 5) is 20.1. The fraction of sp³-hybridized carbons (Fsp3) is 0.200. The van der Waals surface area contributed by atoms with Gasteiger partial charge in [0, 0.05) is 31.4 Å².